The Hall–Kier alpha value is -4.11. The van der Waals surface area contributed by atoms with E-state index in [4.69, 9.17) is 16.3 Å². The van der Waals surface area contributed by atoms with Gasteiger partial charge in [0.2, 0.25) is 11.9 Å². The molecule has 0 spiro atoms. The Morgan fingerprint density at radius 3 is 2.29 bits per heavy atom. The Balaban J connectivity index is 1.54. The summed E-state index contributed by atoms with van der Waals surface area (Å²) in [6, 6.07) is 15.9. The molecule has 0 saturated heterocycles. The van der Waals surface area contributed by atoms with Gasteiger partial charge in [-0.3, -0.25) is 4.79 Å². The monoisotopic (exact) mass is 481 g/mol. The number of hydrogen-bond acceptors (Lipinski definition) is 6. The number of carbonyl (C=O) groups excluding carboxylic acids is 1. The van der Waals surface area contributed by atoms with Crippen LogP contribution in [0.15, 0.2) is 66.7 Å². The molecule has 4 aromatic rings. The van der Waals surface area contributed by atoms with Crippen molar-refractivity contribution in [2.75, 3.05) is 17.2 Å². The van der Waals surface area contributed by atoms with E-state index in [1.54, 1.807) is 18.2 Å². The van der Waals surface area contributed by atoms with Gasteiger partial charge in [-0.05, 0) is 79.2 Å². The molecule has 0 bridgehead atoms. The highest BCUT2D eigenvalue weighted by Crippen LogP contribution is 2.23. The van der Waals surface area contributed by atoms with Crippen LogP contribution in [0.1, 0.15) is 5.56 Å². The number of aromatic nitrogens is 3. The number of anilines is 2. The Kier molecular flexibility index (Phi) is 6.93. The van der Waals surface area contributed by atoms with E-state index in [-0.39, 0.29) is 30.2 Å². The minimum Gasteiger partial charge on any atom is -0.424 e. The third-order valence-corrected chi connectivity index (χ3v) is 5.01. The van der Waals surface area contributed by atoms with Crippen LogP contribution in [-0.2, 0) is 4.79 Å². The highest BCUT2D eigenvalue weighted by atomic mass is 35.5. The summed E-state index contributed by atoms with van der Waals surface area (Å²) in [5, 5.41) is 6.19. The maximum atomic E-state index is 13.3. The lowest BCUT2D eigenvalue weighted by Gasteiger charge is -2.11. The molecule has 3 aromatic carbocycles. The lowest BCUT2D eigenvalue weighted by Crippen LogP contribution is -2.23. The van der Waals surface area contributed by atoms with Gasteiger partial charge in [0.1, 0.15) is 17.4 Å². The lowest BCUT2D eigenvalue weighted by molar-refractivity contribution is -0.114. The summed E-state index contributed by atoms with van der Waals surface area (Å²) in [5.41, 5.74) is 1.94. The van der Waals surface area contributed by atoms with Gasteiger partial charge in [0.15, 0.2) is 5.82 Å². The number of amides is 1. The number of halogens is 3. The molecule has 0 radical (unpaired) electrons. The summed E-state index contributed by atoms with van der Waals surface area (Å²) in [5.74, 6) is -0.601. The summed E-state index contributed by atoms with van der Waals surface area (Å²) < 4.78 is 32.2. The van der Waals surface area contributed by atoms with E-state index < -0.39 is 11.6 Å². The van der Waals surface area contributed by atoms with Gasteiger partial charge in [0, 0.05) is 16.3 Å². The van der Waals surface area contributed by atoms with Gasteiger partial charge in [-0.25, -0.2) is 8.78 Å². The number of nitrogens with one attached hydrogen (secondary N) is 2. The minimum absolute atomic E-state index is 0.0638. The molecule has 0 saturated carbocycles. The van der Waals surface area contributed by atoms with Crippen LogP contribution in [0.25, 0.3) is 11.4 Å². The fraction of sp³-hybridized carbons (Fsp3) is 0.0833. The molecule has 10 heteroatoms. The second-order valence-corrected chi connectivity index (χ2v) is 7.60. The Morgan fingerprint density at radius 1 is 0.941 bits per heavy atom. The molecule has 0 atom stereocenters. The van der Waals surface area contributed by atoms with Crippen LogP contribution in [-0.4, -0.2) is 27.4 Å². The molecule has 1 heterocycles. The molecule has 0 aliphatic rings. The zero-order chi connectivity index (χ0) is 24.1. The molecule has 0 unspecified atom stereocenters. The summed E-state index contributed by atoms with van der Waals surface area (Å²) in [6.07, 6.45) is 0. The molecule has 1 aromatic heterocycles. The van der Waals surface area contributed by atoms with Gasteiger partial charge in [-0.1, -0.05) is 11.6 Å². The number of benzene rings is 3. The molecule has 34 heavy (non-hydrogen) atoms. The quantitative estimate of drug-likeness (QED) is 0.356. The van der Waals surface area contributed by atoms with E-state index in [0.717, 1.165) is 5.56 Å². The molecule has 7 nitrogen and oxygen atoms in total. The summed E-state index contributed by atoms with van der Waals surface area (Å²) in [6.45, 7) is 1.69. The maximum absolute atomic E-state index is 13.3. The van der Waals surface area contributed by atoms with Crippen LogP contribution in [0, 0.1) is 18.6 Å². The van der Waals surface area contributed by atoms with Crippen LogP contribution < -0.4 is 15.4 Å². The van der Waals surface area contributed by atoms with Crippen LogP contribution in [0.3, 0.4) is 0 Å². The summed E-state index contributed by atoms with van der Waals surface area (Å²) >= 11 is 6.01. The molecule has 172 valence electrons. The van der Waals surface area contributed by atoms with E-state index >= 15 is 0 Å². The van der Waals surface area contributed by atoms with Crippen molar-refractivity contribution in [2.24, 2.45) is 0 Å². The summed E-state index contributed by atoms with van der Waals surface area (Å²) in [4.78, 5) is 25.1. The number of hydrogen-bond donors (Lipinski definition) is 2. The number of aryl methyl sites for hydroxylation is 1. The van der Waals surface area contributed by atoms with E-state index in [1.165, 1.54) is 48.5 Å². The standard InChI is InChI=1S/C24H18ClF2N5O2/c1-14-12-18(8-11-20(14)25)29-21(33)13-28-23-30-22(15-2-4-16(26)5-3-15)31-24(32-23)34-19-9-6-17(27)7-10-19/h2-12H,13H2,1H3,(H,29,33)(H,28,30,31,32). The van der Waals surface area contributed by atoms with Gasteiger partial charge in [0.25, 0.3) is 0 Å². The Bertz CT molecular complexity index is 1320. The first kappa shape index (κ1) is 23.1. The lowest BCUT2D eigenvalue weighted by atomic mass is 10.2. The zero-order valence-corrected chi connectivity index (χ0v) is 18.6. The van der Waals surface area contributed by atoms with Gasteiger partial charge < -0.3 is 15.4 Å². The van der Waals surface area contributed by atoms with Crippen LogP contribution >= 0.6 is 11.6 Å². The zero-order valence-electron chi connectivity index (χ0n) is 17.8. The van der Waals surface area contributed by atoms with Crippen LogP contribution in [0.2, 0.25) is 5.02 Å². The average Bonchev–Trinajstić information content (AvgIpc) is 2.82. The SMILES string of the molecule is Cc1cc(NC(=O)CNc2nc(Oc3ccc(F)cc3)nc(-c3ccc(F)cc3)n2)ccc1Cl. The first-order chi connectivity index (χ1) is 16.4. The largest absolute Gasteiger partial charge is 0.424 e. The second kappa shape index (κ2) is 10.2. The predicted molar refractivity (Wildman–Crippen MR) is 125 cm³/mol. The molecule has 1 amide bonds. The van der Waals surface area contributed by atoms with Gasteiger partial charge in [0.05, 0.1) is 6.54 Å². The van der Waals surface area contributed by atoms with Gasteiger partial charge >= 0.3 is 6.01 Å². The summed E-state index contributed by atoms with van der Waals surface area (Å²) in [7, 11) is 0. The fourth-order valence-electron chi connectivity index (χ4n) is 2.90. The molecule has 0 fully saturated rings. The molecule has 0 aliphatic heterocycles. The van der Waals surface area contributed by atoms with E-state index in [2.05, 4.69) is 25.6 Å². The first-order valence-corrected chi connectivity index (χ1v) is 10.5. The van der Waals surface area contributed by atoms with Crippen molar-refractivity contribution in [3.8, 4) is 23.1 Å². The van der Waals surface area contributed by atoms with Crippen molar-refractivity contribution in [1.82, 2.24) is 15.0 Å². The average molecular weight is 482 g/mol. The third-order valence-electron chi connectivity index (χ3n) is 4.59. The van der Waals surface area contributed by atoms with Crippen LogP contribution in [0.5, 0.6) is 11.8 Å². The van der Waals surface area contributed by atoms with Crippen molar-refractivity contribution in [1.29, 1.82) is 0 Å². The van der Waals surface area contributed by atoms with Crippen molar-refractivity contribution in [3.63, 3.8) is 0 Å². The second-order valence-electron chi connectivity index (χ2n) is 7.19. The Morgan fingerprint density at radius 2 is 1.62 bits per heavy atom. The highest BCUT2D eigenvalue weighted by molar-refractivity contribution is 6.31. The van der Waals surface area contributed by atoms with Crippen molar-refractivity contribution < 1.29 is 18.3 Å². The number of carbonyl (C=O) groups is 1. The predicted octanol–water partition coefficient (Wildman–Crippen LogP) is 5.62. The first-order valence-electron chi connectivity index (χ1n) is 10.1. The molecule has 4 rings (SSSR count). The normalized spacial score (nSPS) is 10.6. The van der Waals surface area contributed by atoms with Crippen molar-refractivity contribution in [2.45, 2.75) is 6.92 Å². The molecule has 0 aliphatic carbocycles. The third kappa shape index (κ3) is 6.02. The van der Waals surface area contributed by atoms with E-state index in [0.29, 0.717) is 22.0 Å². The topological polar surface area (TPSA) is 89.0 Å². The Labute approximate surface area is 198 Å². The van der Waals surface area contributed by atoms with E-state index in [9.17, 15) is 13.6 Å². The highest BCUT2D eigenvalue weighted by Gasteiger charge is 2.12. The van der Waals surface area contributed by atoms with Gasteiger partial charge in [-0.2, -0.15) is 15.0 Å². The molecular formula is C24H18ClF2N5O2. The minimum atomic E-state index is -0.417. The van der Waals surface area contributed by atoms with E-state index in [1.807, 2.05) is 6.92 Å². The molecule has 2 N–H and O–H groups in total. The van der Waals surface area contributed by atoms with Crippen LogP contribution in [0.4, 0.5) is 20.4 Å². The van der Waals surface area contributed by atoms with Gasteiger partial charge in [-0.15, -0.1) is 0 Å². The number of ether oxygens (including phenoxy) is 1. The number of rotatable bonds is 7. The smallest absolute Gasteiger partial charge is 0.327 e. The fourth-order valence-corrected chi connectivity index (χ4v) is 3.02. The van der Waals surface area contributed by atoms with Crippen molar-refractivity contribution in [3.05, 3.63) is 89.0 Å². The number of nitrogens with zero attached hydrogens (tertiary/aromatic N) is 3. The van der Waals surface area contributed by atoms with Crippen molar-refractivity contribution >= 4 is 29.1 Å². The molecular weight excluding hydrogens is 464 g/mol. The maximum Gasteiger partial charge on any atom is 0.327 e.